The monoisotopic (exact) mass is 489 g/mol. The van der Waals surface area contributed by atoms with Gasteiger partial charge < -0.3 is 15.0 Å². The molecule has 1 N–H and O–H groups in total. The van der Waals surface area contributed by atoms with Crippen LogP contribution in [0.3, 0.4) is 0 Å². The van der Waals surface area contributed by atoms with E-state index < -0.39 is 17.5 Å². The van der Waals surface area contributed by atoms with E-state index in [9.17, 15) is 18.8 Å². The fourth-order valence-corrected chi connectivity index (χ4v) is 4.84. The number of alkyl halides is 2. The number of morpholine rings is 1. The number of hydrogen-bond donors (Lipinski definition) is 1. The molecule has 2 aliphatic heterocycles. The number of carbonyl (C=O) groups is 1. The van der Waals surface area contributed by atoms with E-state index in [1.165, 1.54) is 12.3 Å². The van der Waals surface area contributed by atoms with Gasteiger partial charge in [0.15, 0.2) is 0 Å². The van der Waals surface area contributed by atoms with Crippen LogP contribution in [0.15, 0.2) is 48.8 Å². The smallest absolute Gasteiger partial charge is 0.286 e. The molecule has 0 radical (unpaired) electrons. The molecule has 2 aromatic heterocycles. The van der Waals surface area contributed by atoms with Crippen LogP contribution in [0.1, 0.15) is 34.2 Å². The standard InChI is InChI=1S/C27H25F2N5O2/c1-16-22(12-21(14-32-16)33-26(35)19-5-6-31-25(11-19)27(2,28)29)17-3-4-18-9-20(13-30)24-15-36-8-7-34(24)23(18)10-17/h3-6,10-12,14,20,24H,7-9,15H2,1-2H3,(H,33,35)/t20-,24?/m0/s1. The Morgan fingerprint density at radius 1 is 1.25 bits per heavy atom. The Morgan fingerprint density at radius 2 is 2.08 bits per heavy atom. The van der Waals surface area contributed by atoms with Crippen LogP contribution in [0.2, 0.25) is 0 Å². The Labute approximate surface area is 207 Å². The third-order valence-electron chi connectivity index (χ3n) is 6.76. The van der Waals surface area contributed by atoms with Gasteiger partial charge in [0.05, 0.1) is 43.1 Å². The van der Waals surface area contributed by atoms with Gasteiger partial charge in [-0.2, -0.15) is 14.0 Å². The van der Waals surface area contributed by atoms with E-state index in [-0.39, 0.29) is 17.5 Å². The first-order valence-corrected chi connectivity index (χ1v) is 11.7. The number of aromatic nitrogens is 2. The number of fused-ring (bicyclic) bond motifs is 3. The molecule has 4 heterocycles. The van der Waals surface area contributed by atoms with Crippen LogP contribution < -0.4 is 10.2 Å². The molecule has 1 amide bonds. The average Bonchev–Trinajstić information content (AvgIpc) is 2.88. The van der Waals surface area contributed by atoms with Crippen molar-refractivity contribution in [1.82, 2.24) is 9.97 Å². The fourth-order valence-electron chi connectivity index (χ4n) is 4.84. The molecule has 1 saturated heterocycles. The number of hydrogen-bond acceptors (Lipinski definition) is 6. The lowest BCUT2D eigenvalue weighted by molar-refractivity contribution is 0.0127. The molecule has 0 bridgehead atoms. The summed E-state index contributed by atoms with van der Waals surface area (Å²) in [7, 11) is 0. The van der Waals surface area contributed by atoms with E-state index in [4.69, 9.17) is 4.74 Å². The quantitative estimate of drug-likeness (QED) is 0.571. The summed E-state index contributed by atoms with van der Waals surface area (Å²) in [4.78, 5) is 23.2. The Hall–Kier alpha value is -3.90. The van der Waals surface area contributed by atoms with Gasteiger partial charge in [-0.15, -0.1) is 0 Å². The van der Waals surface area contributed by atoms with Gasteiger partial charge in [0.2, 0.25) is 0 Å². The molecule has 7 nitrogen and oxygen atoms in total. The number of carbonyl (C=O) groups excluding carboxylic acids is 1. The summed E-state index contributed by atoms with van der Waals surface area (Å²) in [6, 6.07) is 12.9. The minimum absolute atomic E-state index is 0.0251. The molecule has 5 rings (SSSR count). The molecule has 2 aliphatic rings. The number of aryl methyl sites for hydroxylation is 1. The van der Waals surface area contributed by atoms with Gasteiger partial charge >= 0.3 is 0 Å². The van der Waals surface area contributed by atoms with Gasteiger partial charge in [-0.25, -0.2) is 0 Å². The van der Waals surface area contributed by atoms with Crippen LogP contribution >= 0.6 is 0 Å². The molecule has 3 aromatic rings. The van der Waals surface area contributed by atoms with E-state index in [0.29, 0.717) is 25.3 Å². The lowest BCUT2D eigenvalue weighted by Crippen LogP contribution is -2.52. The summed E-state index contributed by atoms with van der Waals surface area (Å²) < 4.78 is 32.9. The molecule has 184 valence electrons. The second-order valence-corrected chi connectivity index (χ2v) is 9.25. The predicted molar refractivity (Wildman–Crippen MR) is 131 cm³/mol. The highest BCUT2D eigenvalue weighted by Gasteiger charge is 2.36. The Bertz CT molecular complexity index is 1370. The topological polar surface area (TPSA) is 91.1 Å². The van der Waals surface area contributed by atoms with Gasteiger partial charge in [-0.05, 0) is 48.7 Å². The number of halogens is 2. The number of anilines is 2. The van der Waals surface area contributed by atoms with Crippen molar-refractivity contribution in [2.75, 3.05) is 30.0 Å². The number of amides is 1. The largest absolute Gasteiger partial charge is 0.377 e. The highest BCUT2D eigenvalue weighted by Crippen LogP contribution is 2.38. The average molecular weight is 490 g/mol. The zero-order chi connectivity index (χ0) is 25.4. The van der Waals surface area contributed by atoms with E-state index in [1.807, 2.05) is 19.1 Å². The fraction of sp³-hybridized carbons (Fsp3) is 0.333. The molecule has 1 fully saturated rings. The van der Waals surface area contributed by atoms with Crippen molar-refractivity contribution in [2.24, 2.45) is 5.92 Å². The second-order valence-electron chi connectivity index (χ2n) is 9.25. The number of nitrogens with one attached hydrogen (secondary N) is 1. The van der Waals surface area contributed by atoms with Crippen molar-refractivity contribution in [2.45, 2.75) is 32.2 Å². The molecule has 2 atom stereocenters. The SMILES string of the molecule is Cc1ncc(NC(=O)c2ccnc(C(C)(F)F)c2)cc1-c1ccc2c(c1)N1CCOCC1[C@H](C#N)C2. The summed E-state index contributed by atoms with van der Waals surface area (Å²) in [5.41, 5.74) is 4.86. The number of ether oxygens (including phenoxy) is 1. The highest BCUT2D eigenvalue weighted by molar-refractivity contribution is 6.04. The number of nitriles is 1. The lowest BCUT2D eigenvalue weighted by Gasteiger charge is -2.44. The normalized spacial score (nSPS) is 19.1. The van der Waals surface area contributed by atoms with Crippen LogP contribution in [0, 0.1) is 24.2 Å². The molecule has 1 unspecified atom stereocenters. The van der Waals surface area contributed by atoms with Crippen molar-refractivity contribution in [1.29, 1.82) is 5.26 Å². The van der Waals surface area contributed by atoms with Crippen molar-refractivity contribution >= 4 is 17.3 Å². The first-order valence-electron chi connectivity index (χ1n) is 11.7. The maximum absolute atomic E-state index is 13.6. The summed E-state index contributed by atoms with van der Waals surface area (Å²) in [5, 5.41) is 12.4. The highest BCUT2D eigenvalue weighted by atomic mass is 19.3. The van der Waals surface area contributed by atoms with Crippen LogP contribution in [-0.4, -0.2) is 41.7 Å². The third kappa shape index (κ3) is 4.52. The van der Waals surface area contributed by atoms with Gasteiger partial charge in [0, 0.05) is 42.2 Å². The molecule has 0 spiro atoms. The maximum atomic E-state index is 13.6. The van der Waals surface area contributed by atoms with Crippen molar-refractivity contribution < 1.29 is 18.3 Å². The Balaban J connectivity index is 1.44. The summed E-state index contributed by atoms with van der Waals surface area (Å²) in [5.74, 6) is -3.79. The minimum Gasteiger partial charge on any atom is -0.377 e. The Morgan fingerprint density at radius 3 is 2.86 bits per heavy atom. The lowest BCUT2D eigenvalue weighted by atomic mass is 9.85. The summed E-state index contributed by atoms with van der Waals surface area (Å²) in [6.45, 7) is 4.50. The van der Waals surface area contributed by atoms with Crippen LogP contribution in [-0.2, 0) is 17.1 Å². The number of rotatable bonds is 4. The molecule has 0 saturated carbocycles. The van der Waals surface area contributed by atoms with Crippen molar-refractivity contribution in [3.63, 3.8) is 0 Å². The van der Waals surface area contributed by atoms with E-state index >= 15 is 0 Å². The van der Waals surface area contributed by atoms with E-state index in [0.717, 1.165) is 47.6 Å². The molecular weight excluding hydrogens is 464 g/mol. The Kier molecular flexibility index (Phi) is 6.14. The molecular formula is C27H25F2N5O2. The van der Waals surface area contributed by atoms with Crippen LogP contribution in [0.25, 0.3) is 11.1 Å². The molecule has 9 heteroatoms. The van der Waals surface area contributed by atoms with Crippen molar-refractivity contribution in [3.8, 4) is 17.2 Å². The first kappa shape index (κ1) is 23.8. The van der Waals surface area contributed by atoms with E-state index in [2.05, 4.69) is 38.4 Å². The van der Waals surface area contributed by atoms with Gasteiger partial charge in [-0.1, -0.05) is 12.1 Å². The summed E-state index contributed by atoms with van der Waals surface area (Å²) in [6.07, 6.45) is 3.42. The van der Waals surface area contributed by atoms with Gasteiger partial charge in [0.25, 0.3) is 11.8 Å². The van der Waals surface area contributed by atoms with Crippen LogP contribution in [0.4, 0.5) is 20.2 Å². The first-order chi connectivity index (χ1) is 17.2. The maximum Gasteiger partial charge on any atom is 0.286 e. The van der Waals surface area contributed by atoms with Gasteiger partial charge in [-0.3, -0.25) is 14.8 Å². The number of pyridine rings is 2. The number of benzene rings is 1. The number of nitrogens with zero attached hydrogens (tertiary/aromatic N) is 4. The third-order valence-corrected chi connectivity index (χ3v) is 6.76. The zero-order valence-electron chi connectivity index (χ0n) is 20.0. The second kappa shape index (κ2) is 9.28. The predicted octanol–water partition coefficient (Wildman–Crippen LogP) is 4.72. The molecule has 1 aromatic carbocycles. The minimum atomic E-state index is -3.14. The van der Waals surface area contributed by atoms with Crippen LogP contribution in [0.5, 0.6) is 0 Å². The van der Waals surface area contributed by atoms with E-state index in [1.54, 1.807) is 6.20 Å². The zero-order valence-corrected chi connectivity index (χ0v) is 20.0. The molecule has 0 aliphatic carbocycles. The van der Waals surface area contributed by atoms with Gasteiger partial charge in [0.1, 0.15) is 5.69 Å². The molecule has 36 heavy (non-hydrogen) atoms. The summed E-state index contributed by atoms with van der Waals surface area (Å²) >= 11 is 0. The van der Waals surface area contributed by atoms with Crippen molar-refractivity contribution in [3.05, 3.63) is 71.3 Å².